The van der Waals surface area contributed by atoms with E-state index in [4.69, 9.17) is 0 Å². The highest BCUT2D eigenvalue weighted by atomic mass is 19.1. The fourth-order valence-electron chi connectivity index (χ4n) is 3.32. The predicted octanol–water partition coefficient (Wildman–Crippen LogP) is 2.92. The zero-order valence-electron chi connectivity index (χ0n) is 11.3. The van der Waals surface area contributed by atoms with E-state index >= 15 is 0 Å². The Labute approximate surface area is 114 Å². The van der Waals surface area contributed by atoms with E-state index in [-0.39, 0.29) is 5.82 Å². The largest absolute Gasteiger partial charge is 0.389 e. The van der Waals surface area contributed by atoms with Gasteiger partial charge < -0.3 is 10.0 Å². The van der Waals surface area contributed by atoms with E-state index in [9.17, 15) is 9.50 Å². The summed E-state index contributed by atoms with van der Waals surface area (Å²) in [4.78, 5) is 2.39. The Balaban J connectivity index is 1.53. The molecule has 1 aliphatic heterocycles. The zero-order valence-corrected chi connectivity index (χ0v) is 11.3. The minimum atomic E-state index is -0.400. The van der Waals surface area contributed by atoms with Gasteiger partial charge in [0.1, 0.15) is 5.82 Å². The smallest absolute Gasteiger partial charge is 0.123 e. The summed E-state index contributed by atoms with van der Waals surface area (Å²) in [5.41, 5.74) is 0.853. The van der Waals surface area contributed by atoms with Crippen LogP contribution in [0.3, 0.4) is 0 Å². The first kappa shape index (κ1) is 13.1. The Morgan fingerprint density at radius 1 is 1.16 bits per heavy atom. The lowest BCUT2D eigenvalue weighted by atomic mass is 9.79. The number of rotatable bonds is 3. The maximum Gasteiger partial charge on any atom is 0.123 e. The van der Waals surface area contributed by atoms with Gasteiger partial charge in [-0.15, -0.1) is 0 Å². The number of piperidine rings is 1. The van der Waals surface area contributed by atoms with Crippen molar-refractivity contribution in [3.63, 3.8) is 0 Å². The molecule has 1 heterocycles. The maximum atomic E-state index is 12.9. The molecule has 3 heteroatoms. The Morgan fingerprint density at radius 3 is 2.32 bits per heavy atom. The molecule has 1 saturated heterocycles. The van der Waals surface area contributed by atoms with Gasteiger partial charge in [-0.25, -0.2) is 4.39 Å². The molecular weight excluding hydrogens is 241 g/mol. The van der Waals surface area contributed by atoms with Crippen molar-refractivity contribution in [1.82, 2.24) is 4.90 Å². The minimum Gasteiger partial charge on any atom is -0.389 e. The summed E-state index contributed by atoms with van der Waals surface area (Å²) in [7, 11) is 0. The quantitative estimate of drug-likeness (QED) is 0.906. The van der Waals surface area contributed by atoms with E-state index in [0.29, 0.717) is 5.92 Å². The van der Waals surface area contributed by atoms with Crippen LogP contribution in [0.5, 0.6) is 0 Å². The molecule has 1 aromatic rings. The molecular formula is C16H22FNO. The van der Waals surface area contributed by atoms with Gasteiger partial charge in [0, 0.05) is 6.54 Å². The van der Waals surface area contributed by atoms with Crippen molar-refractivity contribution in [2.24, 2.45) is 0 Å². The lowest BCUT2D eigenvalue weighted by molar-refractivity contribution is -0.0622. The van der Waals surface area contributed by atoms with Crippen LogP contribution in [-0.4, -0.2) is 35.2 Å². The van der Waals surface area contributed by atoms with Crippen LogP contribution in [0.4, 0.5) is 4.39 Å². The highest BCUT2D eigenvalue weighted by molar-refractivity contribution is 5.21. The molecule has 3 rings (SSSR count). The van der Waals surface area contributed by atoms with Gasteiger partial charge in [-0.3, -0.25) is 0 Å². The van der Waals surface area contributed by atoms with Crippen LogP contribution in [0.2, 0.25) is 0 Å². The number of β-amino-alcohol motifs (C(OH)–C–C–N with tert-alkyl or cyclic N) is 1. The lowest BCUT2D eigenvalue weighted by Crippen LogP contribution is -2.49. The van der Waals surface area contributed by atoms with Crippen LogP contribution >= 0.6 is 0 Å². The Morgan fingerprint density at radius 2 is 1.79 bits per heavy atom. The van der Waals surface area contributed by atoms with Gasteiger partial charge >= 0.3 is 0 Å². The van der Waals surface area contributed by atoms with Crippen molar-refractivity contribution in [1.29, 1.82) is 0 Å². The fourth-order valence-corrected chi connectivity index (χ4v) is 3.32. The van der Waals surface area contributed by atoms with Crippen molar-refractivity contribution in [3.8, 4) is 0 Å². The summed E-state index contributed by atoms with van der Waals surface area (Å²) in [5, 5.41) is 10.2. The molecule has 1 aliphatic carbocycles. The highest BCUT2D eigenvalue weighted by Crippen LogP contribution is 2.34. The molecule has 1 aromatic carbocycles. The van der Waals surface area contributed by atoms with Crippen molar-refractivity contribution in [2.45, 2.75) is 43.6 Å². The van der Waals surface area contributed by atoms with Crippen LogP contribution < -0.4 is 0 Å². The van der Waals surface area contributed by atoms with Crippen molar-refractivity contribution < 1.29 is 9.50 Å². The van der Waals surface area contributed by atoms with Gasteiger partial charge in [0.15, 0.2) is 0 Å². The fraction of sp³-hybridized carbons (Fsp3) is 0.625. The Bertz CT molecular complexity index is 419. The SMILES string of the molecule is OC1(CN2CCC(c3ccc(F)cc3)CC2)CCC1. The molecule has 2 aliphatic rings. The Kier molecular flexibility index (Phi) is 3.59. The maximum absolute atomic E-state index is 12.9. The van der Waals surface area contributed by atoms with Crippen molar-refractivity contribution in [2.75, 3.05) is 19.6 Å². The molecule has 0 amide bonds. The van der Waals surface area contributed by atoms with Crippen molar-refractivity contribution in [3.05, 3.63) is 35.6 Å². The summed E-state index contributed by atoms with van der Waals surface area (Å²) in [6.45, 7) is 2.93. The third-order valence-corrected chi connectivity index (χ3v) is 4.73. The van der Waals surface area contributed by atoms with Gasteiger partial charge in [0.2, 0.25) is 0 Å². The number of nitrogens with zero attached hydrogens (tertiary/aromatic N) is 1. The average molecular weight is 263 g/mol. The van der Waals surface area contributed by atoms with Crippen LogP contribution in [0, 0.1) is 5.82 Å². The van der Waals surface area contributed by atoms with Gasteiger partial charge in [-0.2, -0.15) is 0 Å². The van der Waals surface area contributed by atoms with E-state index in [1.54, 1.807) is 12.1 Å². The van der Waals surface area contributed by atoms with E-state index < -0.39 is 5.60 Å². The summed E-state index contributed by atoms with van der Waals surface area (Å²) in [6, 6.07) is 6.93. The topological polar surface area (TPSA) is 23.5 Å². The number of benzene rings is 1. The zero-order chi connectivity index (χ0) is 13.3. The standard InChI is InChI=1S/C16H22FNO/c17-15-4-2-13(3-5-15)14-6-10-18(11-7-14)12-16(19)8-1-9-16/h2-5,14,19H,1,6-12H2. The minimum absolute atomic E-state index is 0.159. The second kappa shape index (κ2) is 5.22. The summed E-state index contributed by atoms with van der Waals surface area (Å²) < 4.78 is 12.9. The number of hydrogen-bond acceptors (Lipinski definition) is 2. The van der Waals surface area contributed by atoms with Crippen LogP contribution in [-0.2, 0) is 0 Å². The number of likely N-dealkylation sites (tertiary alicyclic amines) is 1. The lowest BCUT2D eigenvalue weighted by Gasteiger charge is -2.42. The molecule has 0 aromatic heterocycles. The van der Waals surface area contributed by atoms with Gasteiger partial charge in [0.25, 0.3) is 0 Å². The van der Waals surface area contributed by atoms with E-state index in [1.807, 2.05) is 12.1 Å². The van der Waals surface area contributed by atoms with Crippen LogP contribution in [0.15, 0.2) is 24.3 Å². The molecule has 0 spiro atoms. The normalized spacial score (nSPS) is 24.1. The predicted molar refractivity (Wildman–Crippen MR) is 73.6 cm³/mol. The van der Waals surface area contributed by atoms with Crippen LogP contribution in [0.1, 0.15) is 43.6 Å². The number of aliphatic hydroxyl groups is 1. The third kappa shape index (κ3) is 2.98. The van der Waals surface area contributed by atoms with E-state index in [1.165, 1.54) is 12.0 Å². The third-order valence-electron chi connectivity index (χ3n) is 4.73. The number of halogens is 1. The molecule has 0 atom stereocenters. The highest BCUT2D eigenvalue weighted by Gasteiger charge is 2.36. The summed E-state index contributed by atoms with van der Waals surface area (Å²) in [5.74, 6) is 0.390. The number of hydrogen-bond donors (Lipinski definition) is 1. The van der Waals surface area contributed by atoms with Gasteiger partial charge in [-0.05, 0) is 68.8 Å². The Hall–Kier alpha value is -0.930. The van der Waals surface area contributed by atoms with Gasteiger partial charge in [-0.1, -0.05) is 12.1 Å². The molecule has 2 nitrogen and oxygen atoms in total. The molecule has 19 heavy (non-hydrogen) atoms. The molecule has 104 valence electrons. The van der Waals surface area contributed by atoms with Gasteiger partial charge in [0.05, 0.1) is 5.60 Å². The van der Waals surface area contributed by atoms with Crippen molar-refractivity contribution >= 4 is 0 Å². The van der Waals surface area contributed by atoms with Crippen LogP contribution in [0.25, 0.3) is 0 Å². The molecule has 0 bridgehead atoms. The molecule has 1 saturated carbocycles. The summed E-state index contributed by atoms with van der Waals surface area (Å²) in [6.07, 6.45) is 5.32. The van der Waals surface area contributed by atoms with E-state index in [0.717, 1.165) is 45.3 Å². The molecule has 1 N–H and O–H groups in total. The second-order valence-electron chi connectivity index (χ2n) is 6.18. The molecule has 2 fully saturated rings. The first-order valence-electron chi connectivity index (χ1n) is 7.35. The first-order chi connectivity index (χ1) is 9.15. The average Bonchev–Trinajstić information content (AvgIpc) is 2.39. The van der Waals surface area contributed by atoms with E-state index in [2.05, 4.69) is 4.90 Å². The first-order valence-corrected chi connectivity index (χ1v) is 7.35. The molecule has 0 radical (unpaired) electrons. The molecule has 0 unspecified atom stereocenters. The second-order valence-corrected chi connectivity index (χ2v) is 6.18. The monoisotopic (exact) mass is 263 g/mol. The summed E-state index contributed by atoms with van der Waals surface area (Å²) >= 11 is 0.